The number of nitro benzene ring substituents is 1. The number of hydrogen-bond donors (Lipinski definition) is 1. The molecule has 2 rings (SSSR count). The molecule has 0 unspecified atom stereocenters. The maximum atomic E-state index is 10.9. The Bertz CT molecular complexity index is 543. The molecule has 6 heteroatoms. The second-order valence-electron chi connectivity index (χ2n) is 3.65. The van der Waals surface area contributed by atoms with E-state index in [-0.39, 0.29) is 10.7 Å². The average Bonchev–Trinajstić information content (AvgIpc) is 2.81. The van der Waals surface area contributed by atoms with Crippen molar-refractivity contribution in [2.45, 2.75) is 6.42 Å². The first-order valence-electron chi connectivity index (χ1n) is 5.37. The highest BCUT2D eigenvalue weighted by Gasteiger charge is 2.17. The van der Waals surface area contributed by atoms with Crippen molar-refractivity contribution in [1.82, 2.24) is 0 Å². The first kappa shape index (κ1) is 12.9. The second-order valence-corrected chi connectivity index (χ2v) is 5.09. The van der Waals surface area contributed by atoms with E-state index in [0.29, 0.717) is 12.2 Å². The minimum Gasteiger partial charge on any atom is -0.379 e. The van der Waals surface area contributed by atoms with Crippen molar-refractivity contribution in [3.63, 3.8) is 0 Å². The zero-order valence-corrected chi connectivity index (χ0v) is 11.0. The van der Waals surface area contributed by atoms with Gasteiger partial charge >= 0.3 is 5.69 Å². The molecule has 0 aliphatic rings. The summed E-state index contributed by atoms with van der Waals surface area (Å²) in [7, 11) is 0. The molecule has 0 saturated carbocycles. The molecule has 4 nitrogen and oxygen atoms in total. The lowest BCUT2D eigenvalue weighted by atomic mass is 10.2. The predicted molar refractivity (Wildman–Crippen MR) is 74.6 cm³/mol. The molecule has 1 heterocycles. The van der Waals surface area contributed by atoms with Gasteiger partial charge in [0.25, 0.3) is 0 Å². The van der Waals surface area contributed by atoms with Gasteiger partial charge < -0.3 is 5.32 Å². The van der Waals surface area contributed by atoms with Crippen LogP contribution in [0.2, 0.25) is 5.02 Å². The van der Waals surface area contributed by atoms with E-state index in [4.69, 9.17) is 11.6 Å². The maximum absolute atomic E-state index is 10.9. The summed E-state index contributed by atoms with van der Waals surface area (Å²) in [6.07, 6.45) is 0.835. The van der Waals surface area contributed by atoms with E-state index in [1.165, 1.54) is 10.9 Å². The Hall–Kier alpha value is -1.59. The molecule has 0 atom stereocenters. The summed E-state index contributed by atoms with van der Waals surface area (Å²) >= 11 is 7.50. The SMILES string of the molecule is O=[N+]([O-])c1c(Cl)cccc1NCCc1cccs1. The van der Waals surface area contributed by atoms with Crippen molar-refractivity contribution in [1.29, 1.82) is 0 Å². The Morgan fingerprint density at radius 2 is 2.17 bits per heavy atom. The number of thiophene rings is 1. The molecule has 0 spiro atoms. The van der Waals surface area contributed by atoms with Crippen LogP contribution in [0.4, 0.5) is 11.4 Å². The fourth-order valence-corrected chi connectivity index (χ4v) is 2.57. The van der Waals surface area contributed by atoms with Crippen LogP contribution in [0.1, 0.15) is 4.88 Å². The lowest BCUT2D eigenvalue weighted by molar-refractivity contribution is -0.383. The van der Waals surface area contributed by atoms with Gasteiger partial charge in [0, 0.05) is 11.4 Å². The van der Waals surface area contributed by atoms with Crippen molar-refractivity contribution in [2.75, 3.05) is 11.9 Å². The molecule has 0 bridgehead atoms. The first-order chi connectivity index (χ1) is 8.68. The van der Waals surface area contributed by atoms with Crippen molar-refractivity contribution in [2.24, 2.45) is 0 Å². The van der Waals surface area contributed by atoms with Gasteiger partial charge in [0.1, 0.15) is 10.7 Å². The van der Waals surface area contributed by atoms with Gasteiger partial charge in [-0.2, -0.15) is 0 Å². The lowest BCUT2D eigenvalue weighted by Gasteiger charge is -2.07. The maximum Gasteiger partial charge on any atom is 0.310 e. The van der Waals surface area contributed by atoms with Crippen LogP contribution in [0.5, 0.6) is 0 Å². The number of hydrogen-bond acceptors (Lipinski definition) is 4. The van der Waals surface area contributed by atoms with Gasteiger partial charge in [0.05, 0.1) is 4.92 Å². The van der Waals surface area contributed by atoms with E-state index < -0.39 is 4.92 Å². The third-order valence-electron chi connectivity index (χ3n) is 2.44. The monoisotopic (exact) mass is 282 g/mol. The molecule has 0 radical (unpaired) electrons. The standard InChI is InChI=1S/C12H11ClN2O2S/c13-10-4-1-5-11(12(10)15(16)17)14-7-6-9-3-2-8-18-9/h1-5,8,14H,6-7H2. The van der Waals surface area contributed by atoms with Crippen LogP contribution < -0.4 is 5.32 Å². The molecular weight excluding hydrogens is 272 g/mol. The highest BCUT2D eigenvalue weighted by molar-refractivity contribution is 7.09. The summed E-state index contributed by atoms with van der Waals surface area (Å²) < 4.78 is 0. The van der Waals surface area contributed by atoms with Gasteiger partial charge in [-0.3, -0.25) is 10.1 Å². The lowest BCUT2D eigenvalue weighted by Crippen LogP contribution is -2.06. The van der Waals surface area contributed by atoms with Gasteiger partial charge in [-0.1, -0.05) is 23.7 Å². The highest BCUT2D eigenvalue weighted by atomic mass is 35.5. The summed E-state index contributed by atoms with van der Waals surface area (Å²) in [4.78, 5) is 11.7. The number of nitrogens with one attached hydrogen (secondary N) is 1. The van der Waals surface area contributed by atoms with Crippen molar-refractivity contribution in [3.05, 3.63) is 55.7 Å². The van der Waals surface area contributed by atoms with Crippen LogP contribution in [0, 0.1) is 10.1 Å². The third kappa shape index (κ3) is 3.00. The van der Waals surface area contributed by atoms with Crippen LogP contribution in [-0.2, 0) is 6.42 Å². The molecule has 0 aliphatic carbocycles. The molecule has 94 valence electrons. The molecule has 0 saturated heterocycles. The summed E-state index contributed by atoms with van der Waals surface area (Å²) in [6, 6.07) is 8.91. The Morgan fingerprint density at radius 3 is 2.83 bits per heavy atom. The predicted octanol–water partition coefficient (Wildman–Crippen LogP) is 3.96. The summed E-state index contributed by atoms with van der Waals surface area (Å²) in [5.41, 5.74) is 0.398. The van der Waals surface area contributed by atoms with Gasteiger partial charge in [-0.25, -0.2) is 0 Å². The van der Waals surface area contributed by atoms with E-state index in [9.17, 15) is 10.1 Å². The average molecular weight is 283 g/mol. The number of benzene rings is 1. The van der Waals surface area contributed by atoms with Crippen LogP contribution >= 0.6 is 22.9 Å². The first-order valence-corrected chi connectivity index (χ1v) is 6.63. The van der Waals surface area contributed by atoms with E-state index in [2.05, 4.69) is 5.32 Å². The normalized spacial score (nSPS) is 10.3. The molecule has 0 fully saturated rings. The zero-order chi connectivity index (χ0) is 13.0. The van der Waals surface area contributed by atoms with Crippen LogP contribution in [-0.4, -0.2) is 11.5 Å². The second kappa shape index (κ2) is 5.84. The molecule has 0 aliphatic heterocycles. The topological polar surface area (TPSA) is 55.2 Å². The highest BCUT2D eigenvalue weighted by Crippen LogP contribution is 2.32. The van der Waals surface area contributed by atoms with Crippen LogP contribution in [0.15, 0.2) is 35.7 Å². The quantitative estimate of drug-likeness (QED) is 0.667. The Morgan fingerprint density at radius 1 is 1.33 bits per heavy atom. The molecule has 18 heavy (non-hydrogen) atoms. The Labute approximate surface area is 113 Å². The molecule has 1 N–H and O–H groups in total. The van der Waals surface area contributed by atoms with Gasteiger partial charge in [-0.05, 0) is 30.0 Å². The molecule has 0 amide bonds. The summed E-state index contributed by atoms with van der Waals surface area (Å²) in [5.74, 6) is 0. The summed E-state index contributed by atoms with van der Waals surface area (Å²) in [5, 5.41) is 16.1. The van der Waals surface area contributed by atoms with Gasteiger partial charge in [0.2, 0.25) is 0 Å². The fourth-order valence-electron chi connectivity index (χ4n) is 1.62. The van der Waals surface area contributed by atoms with E-state index in [1.54, 1.807) is 23.5 Å². The largest absolute Gasteiger partial charge is 0.379 e. The minimum atomic E-state index is -0.462. The van der Waals surface area contributed by atoms with Crippen molar-refractivity contribution >= 4 is 34.3 Å². The number of halogens is 1. The Kier molecular flexibility index (Phi) is 4.17. The number of nitrogens with zero attached hydrogens (tertiary/aromatic N) is 1. The van der Waals surface area contributed by atoms with E-state index in [1.807, 2.05) is 17.5 Å². The molecule has 1 aromatic heterocycles. The Balaban J connectivity index is 2.05. The molecule has 1 aromatic carbocycles. The number of para-hydroxylation sites is 1. The van der Waals surface area contributed by atoms with Crippen molar-refractivity contribution < 1.29 is 4.92 Å². The smallest absolute Gasteiger partial charge is 0.310 e. The number of anilines is 1. The van der Waals surface area contributed by atoms with Crippen molar-refractivity contribution in [3.8, 4) is 0 Å². The van der Waals surface area contributed by atoms with E-state index >= 15 is 0 Å². The fraction of sp³-hybridized carbons (Fsp3) is 0.167. The van der Waals surface area contributed by atoms with Crippen LogP contribution in [0.3, 0.4) is 0 Å². The number of nitro groups is 1. The molecular formula is C12H11ClN2O2S. The molecule has 2 aromatic rings. The zero-order valence-electron chi connectivity index (χ0n) is 9.43. The van der Waals surface area contributed by atoms with Gasteiger partial charge in [0.15, 0.2) is 0 Å². The third-order valence-corrected chi connectivity index (χ3v) is 3.68. The number of rotatable bonds is 5. The summed E-state index contributed by atoms with van der Waals surface area (Å²) in [6.45, 7) is 0.641. The minimum absolute atomic E-state index is 0.0645. The van der Waals surface area contributed by atoms with E-state index in [0.717, 1.165) is 6.42 Å². The van der Waals surface area contributed by atoms with Crippen LogP contribution in [0.25, 0.3) is 0 Å². The van der Waals surface area contributed by atoms with Gasteiger partial charge in [-0.15, -0.1) is 11.3 Å².